The van der Waals surface area contributed by atoms with Gasteiger partial charge in [0.2, 0.25) is 0 Å². The van der Waals surface area contributed by atoms with Gasteiger partial charge in [-0.2, -0.15) is 6.08 Å². The zero-order chi connectivity index (χ0) is 36.2. The number of hydrogen-bond donors (Lipinski definition) is 0. The summed E-state index contributed by atoms with van der Waals surface area (Å²) in [6, 6.07) is 16.6. The molecule has 8 rings (SSSR count). The van der Waals surface area contributed by atoms with E-state index in [1.165, 1.54) is 49.7 Å². The molecule has 0 radical (unpaired) electrons. The number of hydrogen-bond acceptors (Lipinski definition) is 0. The van der Waals surface area contributed by atoms with Gasteiger partial charge in [-0.15, -0.1) is 23.8 Å². The fraction of sp³-hybridized carbons (Fsp3) is 0.375. The van der Waals surface area contributed by atoms with E-state index in [0.29, 0.717) is 5.92 Å². The van der Waals surface area contributed by atoms with Crippen LogP contribution in [-0.4, -0.2) is 3.21 Å². The molecule has 2 fully saturated rings. The Balaban J connectivity index is 0.000000221. The maximum absolute atomic E-state index is 6.00. The Hall–Kier alpha value is -2.02. The van der Waals surface area contributed by atoms with Gasteiger partial charge in [0.25, 0.3) is 0 Å². The van der Waals surface area contributed by atoms with Crippen LogP contribution in [0, 0.1) is 63.2 Å². The van der Waals surface area contributed by atoms with Gasteiger partial charge in [0.1, 0.15) is 0 Å². The van der Waals surface area contributed by atoms with Crippen molar-refractivity contribution in [2.24, 2.45) is 43.8 Å². The fourth-order valence-electron chi connectivity index (χ4n) is 11.1. The largest absolute Gasteiger partial charge is 1.00 e. The van der Waals surface area contributed by atoms with E-state index < -0.39 is 0 Å². The molecule has 0 aromatic heterocycles. The summed E-state index contributed by atoms with van der Waals surface area (Å²) < 4.78 is 1.34. The van der Waals surface area contributed by atoms with E-state index >= 15 is 0 Å². The van der Waals surface area contributed by atoms with Gasteiger partial charge < -0.3 is 31.2 Å². The fourth-order valence-corrected chi connectivity index (χ4v) is 12.1. The third-order valence-corrected chi connectivity index (χ3v) is 16.7. The molecule has 0 N–H and O–H groups in total. The monoisotopic (exact) mass is 824 g/mol. The zero-order valence-electron chi connectivity index (χ0n) is 32.2. The summed E-state index contributed by atoms with van der Waals surface area (Å²) in [5, 5.41) is 0.796. The van der Waals surface area contributed by atoms with Crippen LogP contribution in [0.1, 0.15) is 78.5 Å². The average Bonchev–Trinajstić information content (AvgIpc) is 3.75. The molecule has 6 aliphatic carbocycles. The standard InChI is InChI=1S/C29H37.C14H11Cl.C5H5.2ClH.Zr/c1-21-14-13-15-22-20-27(6)25(4)18-10-9-16-23(25,2)24(3)17-11-12-19-26(24,5)29(27,8)28(21,22)7;1-11-5-7-12(8-6-11)9-13-3-2-4-14(15)10-13;1-2-4-5-3-1;;;/h9-20,22H,1-8H3;2-8,10H,1H3;1-3H,4H2;2*1H;/q-1;;-1;;;+2/p-2. The Morgan fingerprint density at radius 3 is 1.85 bits per heavy atom. The van der Waals surface area contributed by atoms with Crippen molar-refractivity contribution in [2.45, 2.75) is 68.7 Å². The molecule has 2 aromatic carbocycles. The molecule has 0 aliphatic heterocycles. The third-order valence-electron chi connectivity index (χ3n) is 15.1. The second kappa shape index (κ2) is 15.3. The van der Waals surface area contributed by atoms with Gasteiger partial charge in [-0.25, -0.2) is 12.2 Å². The Kier molecular flexibility index (Phi) is 12.5. The van der Waals surface area contributed by atoms with Gasteiger partial charge in [0, 0.05) is 10.8 Å². The minimum absolute atomic E-state index is 0. The summed E-state index contributed by atoms with van der Waals surface area (Å²) in [4.78, 5) is 0. The quantitative estimate of drug-likeness (QED) is 0.295. The predicted molar refractivity (Wildman–Crippen MR) is 211 cm³/mol. The van der Waals surface area contributed by atoms with Crippen molar-refractivity contribution >= 4 is 14.8 Å². The zero-order valence-corrected chi connectivity index (χ0v) is 36.9. The first-order chi connectivity index (χ1) is 23.6. The summed E-state index contributed by atoms with van der Waals surface area (Å²) >= 11 is 7.40. The Labute approximate surface area is 347 Å². The van der Waals surface area contributed by atoms with Crippen LogP contribution in [0.3, 0.4) is 0 Å². The van der Waals surface area contributed by atoms with E-state index in [9.17, 15) is 0 Å². The number of benzene rings is 2. The van der Waals surface area contributed by atoms with E-state index in [-0.39, 0.29) is 62.7 Å². The van der Waals surface area contributed by atoms with Crippen LogP contribution < -0.4 is 24.8 Å². The molecule has 0 bridgehead atoms. The van der Waals surface area contributed by atoms with Crippen molar-refractivity contribution in [3.8, 4) is 0 Å². The van der Waals surface area contributed by atoms with Crippen molar-refractivity contribution in [1.82, 2.24) is 0 Å². The maximum Gasteiger partial charge on any atom is -0.109 e. The molecule has 6 aliphatic rings. The van der Waals surface area contributed by atoms with Crippen LogP contribution in [0.5, 0.6) is 0 Å². The van der Waals surface area contributed by atoms with E-state index in [4.69, 9.17) is 11.6 Å². The molecule has 2 saturated carbocycles. The van der Waals surface area contributed by atoms with Gasteiger partial charge in [0.05, 0.1) is 0 Å². The number of fused-ring (bicyclic) bond motifs is 8. The average molecular weight is 828 g/mol. The smallest absolute Gasteiger partial charge is 0.109 e. The Bertz CT molecular complexity index is 1910. The molecule has 4 heteroatoms. The van der Waals surface area contributed by atoms with Crippen molar-refractivity contribution < 1.29 is 49.0 Å². The maximum atomic E-state index is 6.00. The molecular formula is C48H53Cl3Zr-2. The summed E-state index contributed by atoms with van der Waals surface area (Å²) in [6.45, 7) is 22.4. The van der Waals surface area contributed by atoms with E-state index in [1.54, 1.807) is 0 Å². The summed E-state index contributed by atoms with van der Waals surface area (Å²) in [5.74, 6) is 0.460. The van der Waals surface area contributed by atoms with Crippen LogP contribution in [0.25, 0.3) is 0 Å². The third kappa shape index (κ3) is 5.81. The second-order valence-electron chi connectivity index (χ2n) is 16.5. The van der Waals surface area contributed by atoms with Crippen LogP contribution in [0.4, 0.5) is 0 Å². The van der Waals surface area contributed by atoms with Gasteiger partial charge in [-0.05, 0) is 28.6 Å². The van der Waals surface area contributed by atoms with E-state index in [0.717, 1.165) is 11.4 Å². The SMILES string of the molecule is CC1=CC=CC2[CH-]C3(C)C4(C)C=CC=CC4(C)C4(C)C=CC=CC4(C)C3(C)C12C.Cc1ccc([C](=[Zr+2])c2cccc(Cl)c2)cc1.[C-]1=CC=CC1.[Cl-].[Cl-]. The van der Waals surface area contributed by atoms with Crippen molar-refractivity contribution in [3.05, 3.63) is 173 Å². The minimum Gasteiger partial charge on any atom is -1.00 e. The van der Waals surface area contributed by atoms with Crippen LogP contribution in [0.15, 0.2) is 139 Å². The summed E-state index contributed by atoms with van der Waals surface area (Å²) in [5.41, 5.74) is 5.52. The van der Waals surface area contributed by atoms with Crippen molar-refractivity contribution in [3.63, 3.8) is 0 Å². The van der Waals surface area contributed by atoms with E-state index in [2.05, 4.69) is 178 Å². The molecule has 8 unspecified atom stereocenters. The first-order valence-electron chi connectivity index (χ1n) is 18.2. The predicted octanol–water partition coefficient (Wildman–Crippen LogP) is 6.72. The van der Waals surface area contributed by atoms with Crippen LogP contribution >= 0.6 is 11.6 Å². The Morgan fingerprint density at radius 2 is 1.31 bits per heavy atom. The number of halogens is 3. The number of aryl methyl sites for hydroxylation is 1. The summed E-state index contributed by atoms with van der Waals surface area (Å²) in [7, 11) is 0. The molecule has 0 nitrogen and oxygen atoms in total. The van der Waals surface area contributed by atoms with Gasteiger partial charge >= 0.3 is 116 Å². The van der Waals surface area contributed by atoms with Gasteiger partial charge in [-0.3, -0.25) is 6.08 Å². The molecule has 2 aromatic rings. The topological polar surface area (TPSA) is 0 Å². The number of allylic oxidation sites excluding steroid dienone is 16. The first-order valence-corrected chi connectivity index (χ1v) is 19.8. The van der Waals surface area contributed by atoms with Crippen molar-refractivity contribution in [2.75, 3.05) is 0 Å². The molecule has 8 atom stereocenters. The van der Waals surface area contributed by atoms with Gasteiger partial charge in [0.15, 0.2) is 0 Å². The second-order valence-corrected chi connectivity index (χ2v) is 18.1. The molecule has 0 saturated heterocycles. The molecule has 0 spiro atoms. The molecule has 52 heavy (non-hydrogen) atoms. The normalized spacial score (nSPS) is 37.8. The molecular weight excluding hydrogens is 774 g/mol. The van der Waals surface area contributed by atoms with Crippen LogP contribution in [0.2, 0.25) is 5.02 Å². The summed E-state index contributed by atoms with van der Waals surface area (Å²) in [6.07, 6.45) is 39.3. The van der Waals surface area contributed by atoms with Crippen molar-refractivity contribution in [1.29, 1.82) is 0 Å². The molecule has 0 heterocycles. The minimum atomic E-state index is 0. The Morgan fingerprint density at radius 1 is 0.731 bits per heavy atom. The molecule has 0 amide bonds. The number of rotatable bonds is 2. The first kappa shape index (κ1) is 42.7. The molecule has 272 valence electrons. The van der Waals surface area contributed by atoms with Gasteiger partial charge in [-0.1, -0.05) is 115 Å². The van der Waals surface area contributed by atoms with Crippen LogP contribution in [-0.2, 0) is 24.2 Å². The van der Waals surface area contributed by atoms with E-state index in [1.807, 2.05) is 30.4 Å².